The third-order valence-corrected chi connectivity index (χ3v) is 8.30. The highest BCUT2D eigenvalue weighted by atomic mass is 32.2. The smallest absolute Gasteiger partial charge is 0.243 e. The monoisotopic (exact) mass is 377 g/mol. The number of fused-ring (bicyclic) bond motifs is 1. The van der Waals surface area contributed by atoms with Gasteiger partial charge in [0.2, 0.25) is 10.0 Å². The largest absolute Gasteiger partial charge is 0.468 e. The van der Waals surface area contributed by atoms with Gasteiger partial charge in [-0.1, -0.05) is 6.07 Å². The average Bonchev–Trinajstić information content (AvgIpc) is 3.05. The van der Waals surface area contributed by atoms with Gasteiger partial charge in [0.25, 0.3) is 0 Å². The molecule has 0 radical (unpaired) electrons. The van der Waals surface area contributed by atoms with E-state index in [0.29, 0.717) is 18.0 Å². The first-order valence-electron chi connectivity index (χ1n) is 8.91. The molecule has 1 aromatic carbocycles. The Morgan fingerprint density at radius 1 is 1.08 bits per heavy atom. The molecule has 1 unspecified atom stereocenters. The zero-order valence-corrected chi connectivity index (χ0v) is 15.8. The average molecular weight is 378 g/mol. The fourth-order valence-corrected chi connectivity index (χ4v) is 6.51. The second-order valence-electron chi connectivity index (χ2n) is 6.71. The summed E-state index contributed by atoms with van der Waals surface area (Å²) in [4.78, 5) is 0.453. The molecule has 2 aliphatic rings. The second-order valence-corrected chi connectivity index (χ2v) is 9.95. The van der Waals surface area contributed by atoms with E-state index in [-0.39, 0.29) is 5.25 Å². The van der Waals surface area contributed by atoms with Gasteiger partial charge >= 0.3 is 0 Å². The molecule has 2 heterocycles. The van der Waals surface area contributed by atoms with E-state index in [4.69, 9.17) is 4.42 Å². The lowest BCUT2D eigenvalue weighted by Gasteiger charge is -2.22. The molecule has 1 aromatic heterocycles. The number of sulfonamides is 1. The normalized spacial score (nSPS) is 22.3. The maximum atomic E-state index is 13.1. The molecular formula is C19H23NO3S2. The molecule has 2 aromatic rings. The van der Waals surface area contributed by atoms with Crippen molar-refractivity contribution in [2.24, 2.45) is 0 Å². The summed E-state index contributed by atoms with van der Waals surface area (Å²) in [5.41, 5.74) is 2.53. The van der Waals surface area contributed by atoms with Gasteiger partial charge < -0.3 is 4.42 Å². The predicted molar refractivity (Wildman–Crippen MR) is 100 cm³/mol. The van der Waals surface area contributed by atoms with E-state index < -0.39 is 10.0 Å². The summed E-state index contributed by atoms with van der Waals surface area (Å²) in [7, 11) is -3.42. The van der Waals surface area contributed by atoms with Crippen molar-refractivity contribution in [2.45, 2.75) is 42.2 Å². The van der Waals surface area contributed by atoms with Crippen molar-refractivity contribution in [3.63, 3.8) is 0 Å². The van der Waals surface area contributed by atoms with Gasteiger partial charge in [0.1, 0.15) is 5.76 Å². The van der Waals surface area contributed by atoms with Gasteiger partial charge in [0, 0.05) is 18.8 Å². The zero-order chi connectivity index (χ0) is 17.3. The Morgan fingerprint density at radius 2 is 1.92 bits per heavy atom. The van der Waals surface area contributed by atoms with E-state index in [0.717, 1.165) is 37.2 Å². The van der Waals surface area contributed by atoms with E-state index in [9.17, 15) is 8.42 Å². The van der Waals surface area contributed by atoms with Crippen LogP contribution in [0.4, 0.5) is 0 Å². The van der Waals surface area contributed by atoms with Crippen molar-refractivity contribution in [1.29, 1.82) is 0 Å². The first-order valence-corrected chi connectivity index (χ1v) is 11.4. The van der Waals surface area contributed by atoms with Gasteiger partial charge in [0.05, 0.1) is 16.4 Å². The van der Waals surface area contributed by atoms with Crippen LogP contribution in [-0.4, -0.2) is 31.6 Å². The highest BCUT2D eigenvalue weighted by Gasteiger charge is 2.29. The molecule has 0 spiro atoms. The van der Waals surface area contributed by atoms with Crippen LogP contribution in [0.1, 0.15) is 41.4 Å². The van der Waals surface area contributed by atoms with Crippen LogP contribution in [0.2, 0.25) is 0 Å². The quantitative estimate of drug-likeness (QED) is 0.810. The minimum Gasteiger partial charge on any atom is -0.468 e. The minimum atomic E-state index is -3.42. The Balaban J connectivity index is 1.54. The van der Waals surface area contributed by atoms with Crippen LogP contribution in [0.5, 0.6) is 0 Å². The van der Waals surface area contributed by atoms with Crippen LogP contribution < -0.4 is 0 Å². The van der Waals surface area contributed by atoms with Crippen molar-refractivity contribution >= 4 is 21.8 Å². The Hall–Kier alpha value is -1.24. The van der Waals surface area contributed by atoms with Gasteiger partial charge in [-0.3, -0.25) is 0 Å². The lowest BCUT2D eigenvalue weighted by molar-refractivity contribution is 0.417. The molecule has 0 N–H and O–H groups in total. The van der Waals surface area contributed by atoms with Crippen LogP contribution in [0, 0.1) is 0 Å². The van der Waals surface area contributed by atoms with Gasteiger partial charge in [-0.25, -0.2) is 8.42 Å². The van der Waals surface area contributed by atoms with Crippen LogP contribution in [0.15, 0.2) is 45.9 Å². The Bertz CT molecular complexity index is 830. The van der Waals surface area contributed by atoms with Crippen LogP contribution in [0.25, 0.3) is 0 Å². The van der Waals surface area contributed by atoms with Crippen LogP contribution in [-0.2, 0) is 22.9 Å². The summed E-state index contributed by atoms with van der Waals surface area (Å²) in [6, 6.07) is 9.58. The van der Waals surface area contributed by atoms with Crippen LogP contribution >= 0.6 is 11.8 Å². The van der Waals surface area contributed by atoms with E-state index in [1.807, 2.05) is 24.3 Å². The number of benzene rings is 1. The standard InChI is InChI=1S/C19H23NO3S2/c21-25(22,17-8-7-15-4-1-2-5-16(15)14-17)20-10-9-19(24-13-11-20)18-6-3-12-23-18/h3,6-8,12,14,19H,1-2,4-5,9-11,13H2. The van der Waals surface area contributed by atoms with Gasteiger partial charge in [-0.15, -0.1) is 11.8 Å². The molecule has 4 rings (SSSR count). The van der Waals surface area contributed by atoms with Crippen molar-refractivity contribution in [3.05, 3.63) is 53.5 Å². The maximum Gasteiger partial charge on any atom is 0.243 e. The van der Waals surface area contributed by atoms with Crippen molar-refractivity contribution < 1.29 is 12.8 Å². The Labute approximate surface area is 153 Å². The lowest BCUT2D eigenvalue weighted by Crippen LogP contribution is -2.33. The SMILES string of the molecule is O=S(=O)(c1ccc2c(c1)CCCC2)N1CCSC(c2ccco2)CC1. The zero-order valence-electron chi connectivity index (χ0n) is 14.2. The molecule has 1 aliphatic heterocycles. The highest BCUT2D eigenvalue weighted by molar-refractivity contribution is 7.99. The number of furan rings is 1. The minimum absolute atomic E-state index is 0.235. The van der Waals surface area contributed by atoms with Gasteiger partial charge in [-0.2, -0.15) is 4.31 Å². The fraction of sp³-hybridized carbons (Fsp3) is 0.474. The topological polar surface area (TPSA) is 50.5 Å². The number of thioether (sulfide) groups is 1. The van der Waals surface area contributed by atoms with Crippen molar-refractivity contribution in [1.82, 2.24) is 4.31 Å². The molecule has 4 nitrogen and oxygen atoms in total. The molecule has 1 saturated heterocycles. The summed E-state index contributed by atoms with van der Waals surface area (Å²) in [6.07, 6.45) is 6.89. The fourth-order valence-electron chi connectivity index (χ4n) is 3.71. The third-order valence-electron chi connectivity index (χ3n) is 5.12. The summed E-state index contributed by atoms with van der Waals surface area (Å²) in [6.45, 7) is 1.10. The maximum absolute atomic E-state index is 13.1. The highest BCUT2D eigenvalue weighted by Crippen LogP contribution is 2.36. The van der Waals surface area contributed by atoms with E-state index in [2.05, 4.69) is 0 Å². The van der Waals surface area contributed by atoms with Crippen LogP contribution in [0.3, 0.4) is 0 Å². The van der Waals surface area contributed by atoms with E-state index >= 15 is 0 Å². The summed E-state index contributed by atoms with van der Waals surface area (Å²) < 4.78 is 33.4. The second kappa shape index (κ2) is 7.17. The van der Waals surface area contributed by atoms with Gasteiger partial charge in [-0.05, 0) is 67.5 Å². The van der Waals surface area contributed by atoms with E-state index in [1.54, 1.807) is 28.4 Å². The number of aryl methyl sites for hydroxylation is 2. The van der Waals surface area contributed by atoms with Crippen molar-refractivity contribution in [2.75, 3.05) is 18.8 Å². The molecule has 6 heteroatoms. The lowest BCUT2D eigenvalue weighted by atomic mass is 9.92. The third kappa shape index (κ3) is 3.52. The number of rotatable bonds is 3. The van der Waals surface area contributed by atoms with E-state index in [1.165, 1.54) is 17.5 Å². The molecule has 0 amide bonds. The first kappa shape index (κ1) is 17.2. The molecule has 1 atom stereocenters. The summed E-state index contributed by atoms with van der Waals surface area (Å²) >= 11 is 1.78. The molecule has 1 aliphatic carbocycles. The molecule has 0 bridgehead atoms. The number of hydrogen-bond donors (Lipinski definition) is 0. The molecular weight excluding hydrogens is 354 g/mol. The Morgan fingerprint density at radius 3 is 2.72 bits per heavy atom. The van der Waals surface area contributed by atoms with Gasteiger partial charge in [0.15, 0.2) is 0 Å². The number of hydrogen-bond acceptors (Lipinski definition) is 4. The molecule has 0 saturated carbocycles. The molecule has 25 heavy (non-hydrogen) atoms. The molecule has 134 valence electrons. The predicted octanol–water partition coefficient (Wildman–Crippen LogP) is 4.03. The summed E-state index contributed by atoms with van der Waals surface area (Å²) in [5.74, 6) is 1.73. The first-order chi connectivity index (χ1) is 12.1. The molecule has 1 fully saturated rings. The summed E-state index contributed by atoms with van der Waals surface area (Å²) in [5, 5.41) is 0.235. The Kier molecular flexibility index (Phi) is 4.93. The number of nitrogens with zero attached hydrogens (tertiary/aromatic N) is 1. The van der Waals surface area contributed by atoms with Crippen molar-refractivity contribution in [3.8, 4) is 0 Å².